The maximum Gasteiger partial charge on any atom is 0.223 e. The van der Waals surface area contributed by atoms with Crippen LogP contribution in [-0.2, 0) is 4.79 Å². The first-order valence-corrected chi connectivity index (χ1v) is 7.87. The quantitative estimate of drug-likeness (QED) is 0.792. The van der Waals surface area contributed by atoms with Crippen molar-refractivity contribution in [1.82, 2.24) is 10.6 Å². The first-order chi connectivity index (χ1) is 9.74. The molecule has 2 aliphatic carbocycles. The van der Waals surface area contributed by atoms with Gasteiger partial charge < -0.3 is 10.6 Å². The maximum absolute atomic E-state index is 11.5. The van der Waals surface area contributed by atoms with E-state index < -0.39 is 0 Å². The summed E-state index contributed by atoms with van der Waals surface area (Å²) >= 11 is 6.21. The van der Waals surface area contributed by atoms with Crippen LogP contribution in [0.4, 0.5) is 0 Å². The van der Waals surface area contributed by atoms with E-state index in [1.165, 1.54) is 5.56 Å². The largest absolute Gasteiger partial charge is 0.355 e. The lowest BCUT2D eigenvalue weighted by atomic mass is 9.76. The monoisotopic (exact) mass is 292 g/mol. The van der Waals surface area contributed by atoms with Crippen LogP contribution < -0.4 is 10.6 Å². The minimum absolute atomic E-state index is 0.231. The number of carbonyl (C=O) groups is 1. The van der Waals surface area contributed by atoms with Gasteiger partial charge in [-0.25, -0.2) is 0 Å². The minimum Gasteiger partial charge on any atom is -0.355 e. The summed E-state index contributed by atoms with van der Waals surface area (Å²) in [5, 5.41) is 7.35. The lowest BCUT2D eigenvalue weighted by Gasteiger charge is -2.36. The van der Waals surface area contributed by atoms with Gasteiger partial charge in [-0.3, -0.25) is 4.79 Å². The molecule has 3 nitrogen and oxygen atoms in total. The zero-order chi connectivity index (χ0) is 13.9. The molecule has 1 amide bonds. The molecule has 0 heterocycles. The number of hydrogen-bond donors (Lipinski definition) is 2. The molecule has 2 saturated carbocycles. The average Bonchev–Trinajstić information content (AvgIpc) is 3.22. The fraction of sp³-hybridized carbons (Fsp3) is 0.562. The van der Waals surface area contributed by atoms with Crippen molar-refractivity contribution < 1.29 is 4.79 Å². The molecule has 1 aromatic carbocycles. The summed E-state index contributed by atoms with van der Waals surface area (Å²) in [7, 11) is 0. The molecule has 3 rings (SSSR count). The predicted molar refractivity (Wildman–Crippen MR) is 81.0 cm³/mol. The zero-order valence-corrected chi connectivity index (χ0v) is 12.3. The lowest BCUT2D eigenvalue weighted by molar-refractivity contribution is -0.122. The Morgan fingerprint density at radius 3 is 2.65 bits per heavy atom. The summed E-state index contributed by atoms with van der Waals surface area (Å²) in [4.78, 5) is 11.5. The van der Waals surface area contributed by atoms with Crippen molar-refractivity contribution in [2.75, 3.05) is 13.1 Å². The Balaban J connectivity index is 1.32. The maximum atomic E-state index is 11.5. The molecule has 0 aliphatic heterocycles. The van der Waals surface area contributed by atoms with Gasteiger partial charge in [0.15, 0.2) is 0 Å². The van der Waals surface area contributed by atoms with Crippen LogP contribution in [0.15, 0.2) is 24.3 Å². The standard InChI is InChI=1S/C16H21ClN2O/c17-15-4-2-1-3-14(15)12-9-13(10-12)18-7-8-19-16(20)11-5-6-11/h1-4,11-13,18H,5-10H2,(H,19,20). The third-order valence-electron chi connectivity index (χ3n) is 4.29. The van der Waals surface area contributed by atoms with E-state index in [1.54, 1.807) is 0 Å². The highest BCUT2D eigenvalue weighted by molar-refractivity contribution is 6.31. The van der Waals surface area contributed by atoms with Crippen molar-refractivity contribution in [3.63, 3.8) is 0 Å². The fourth-order valence-electron chi connectivity index (χ4n) is 2.80. The van der Waals surface area contributed by atoms with Gasteiger partial charge in [-0.2, -0.15) is 0 Å². The van der Waals surface area contributed by atoms with Gasteiger partial charge in [0.05, 0.1) is 0 Å². The third-order valence-corrected chi connectivity index (χ3v) is 4.63. The first kappa shape index (κ1) is 13.9. The van der Waals surface area contributed by atoms with Gasteiger partial charge in [0.2, 0.25) is 5.91 Å². The summed E-state index contributed by atoms with van der Waals surface area (Å²) in [5.41, 5.74) is 1.27. The molecular formula is C16H21ClN2O. The number of amides is 1. The Hall–Kier alpha value is -1.06. The minimum atomic E-state index is 0.231. The van der Waals surface area contributed by atoms with E-state index in [2.05, 4.69) is 22.8 Å². The van der Waals surface area contributed by atoms with Crippen molar-refractivity contribution in [2.45, 2.75) is 37.6 Å². The summed E-state index contributed by atoms with van der Waals surface area (Å²) in [6, 6.07) is 8.68. The number of nitrogens with one attached hydrogen (secondary N) is 2. The van der Waals surface area contributed by atoms with E-state index in [0.29, 0.717) is 17.9 Å². The third kappa shape index (κ3) is 3.33. The fourth-order valence-corrected chi connectivity index (χ4v) is 3.09. The molecule has 0 radical (unpaired) electrons. The van der Waals surface area contributed by atoms with Crippen LogP contribution in [0.5, 0.6) is 0 Å². The second-order valence-electron chi connectivity index (χ2n) is 5.91. The number of rotatable bonds is 6. The van der Waals surface area contributed by atoms with E-state index in [9.17, 15) is 4.79 Å². The average molecular weight is 293 g/mol. The van der Waals surface area contributed by atoms with Crippen LogP contribution in [0.1, 0.15) is 37.2 Å². The Morgan fingerprint density at radius 2 is 1.95 bits per heavy atom. The summed E-state index contributed by atoms with van der Waals surface area (Å²) in [5.74, 6) is 1.12. The topological polar surface area (TPSA) is 41.1 Å². The molecule has 2 N–H and O–H groups in total. The molecular weight excluding hydrogens is 272 g/mol. The molecule has 4 heteroatoms. The van der Waals surface area contributed by atoms with E-state index in [4.69, 9.17) is 11.6 Å². The molecule has 0 atom stereocenters. The molecule has 108 valence electrons. The number of benzene rings is 1. The number of carbonyl (C=O) groups excluding carboxylic acids is 1. The molecule has 0 aromatic heterocycles. The highest BCUT2D eigenvalue weighted by atomic mass is 35.5. The highest BCUT2D eigenvalue weighted by Gasteiger charge is 2.31. The summed E-state index contributed by atoms with van der Waals surface area (Å²) in [6.07, 6.45) is 4.42. The van der Waals surface area contributed by atoms with Gasteiger partial charge in [-0.05, 0) is 43.2 Å². The molecule has 2 fully saturated rings. The van der Waals surface area contributed by atoms with Crippen molar-refractivity contribution in [2.24, 2.45) is 5.92 Å². The van der Waals surface area contributed by atoms with Crippen molar-refractivity contribution in [3.05, 3.63) is 34.9 Å². The molecule has 1 aromatic rings. The molecule has 0 bridgehead atoms. The Kier molecular flexibility index (Phi) is 4.27. The van der Waals surface area contributed by atoms with E-state index in [0.717, 1.165) is 43.8 Å². The summed E-state index contributed by atoms with van der Waals surface area (Å²) in [6.45, 7) is 1.60. The second kappa shape index (κ2) is 6.15. The van der Waals surface area contributed by atoms with Gasteiger partial charge in [0.25, 0.3) is 0 Å². The Bertz CT molecular complexity index is 481. The summed E-state index contributed by atoms with van der Waals surface area (Å²) < 4.78 is 0. The Morgan fingerprint density at radius 1 is 1.20 bits per heavy atom. The second-order valence-corrected chi connectivity index (χ2v) is 6.31. The van der Waals surface area contributed by atoms with Crippen molar-refractivity contribution in [3.8, 4) is 0 Å². The SMILES string of the molecule is O=C(NCCNC1CC(c2ccccc2Cl)C1)C1CC1. The number of halogens is 1. The van der Waals surface area contributed by atoms with Crippen molar-refractivity contribution in [1.29, 1.82) is 0 Å². The van der Waals surface area contributed by atoms with E-state index in [-0.39, 0.29) is 5.91 Å². The highest BCUT2D eigenvalue weighted by Crippen LogP contribution is 2.39. The van der Waals surface area contributed by atoms with Gasteiger partial charge >= 0.3 is 0 Å². The van der Waals surface area contributed by atoms with Crippen LogP contribution in [0.2, 0.25) is 5.02 Å². The normalized spacial score (nSPS) is 25.1. The van der Waals surface area contributed by atoms with E-state index >= 15 is 0 Å². The number of hydrogen-bond acceptors (Lipinski definition) is 2. The Labute approximate surface area is 125 Å². The first-order valence-electron chi connectivity index (χ1n) is 7.49. The lowest BCUT2D eigenvalue weighted by Crippen LogP contribution is -2.43. The van der Waals surface area contributed by atoms with Gasteiger partial charge in [0, 0.05) is 30.1 Å². The van der Waals surface area contributed by atoms with Gasteiger partial charge in [0.1, 0.15) is 0 Å². The predicted octanol–water partition coefficient (Wildman–Crippen LogP) is 2.70. The molecule has 20 heavy (non-hydrogen) atoms. The smallest absolute Gasteiger partial charge is 0.223 e. The van der Waals surface area contributed by atoms with Gasteiger partial charge in [-0.1, -0.05) is 29.8 Å². The van der Waals surface area contributed by atoms with Crippen LogP contribution in [0.3, 0.4) is 0 Å². The molecule has 0 saturated heterocycles. The molecule has 0 spiro atoms. The zero-order valence-electron chi connectivity index (χ0n) is 11.6. The van der Waals surface area contributed by atoms with E-state index in [1.807, 2.05) is 12.1 Å². The molecule has 2 aliphatic rings. The van der Waals surface area contributed by atoms with Crippen LogP contribution in [0, 0.1) is 5.92 Å². The van der Waals surface area contributed by atoms with Crippen LogP contribution >= 0.6 is 11.6 Å². The van der Waals surface area contributed by atoms with Crippen molar-refractivity contribution >= 4 is 17.5 Å². The van der Waals surface area contributed by atoms with Gasteiger partial charge in [-0.15, -0.1) is 0 Å². The van der Waals surface area contributed by atoms with Crippen LogP contribution in [-0.4, -0.2) is 25.0 Å². The van der Waals surface area contributed by atoms with Crippen LogP contribution in [0.25, 0.3) is 0 Å². The molecule has 0 unspecified atom stereocenters.